The van der Waals surface area contributed by atoms with Gasteiger partial charge in [0.15, 0.2) is 0 Å². The summed E-state index contributed by atoms with van der Waals surface area (Å²) in [5.74, 6) is -0.740. The van der Waals surface area contributed by atoms with Gasteiger partial charge >= 0.3 is 0 Å². The predicted molar refractivity (Wildman–Crippen MR) is 70.9 cm³/mol. The standard InChI is InChI=1S/C14H15F2NS/c1-3-17-14(10-4-5-18-8-10)11-7-12(15)9(2)6-13(11)16/h4-8,14,17H,3H2,1-2H3. The van der Waals surface area contributed by atoms with Crippen LogP contribution in [0.4, 0.5) is 8.78 Å². The van der Waals surface area contributed by atoms with Gasteiger partial charge in [0.2, 0.25) is 0 Å². The van der Waals surface area contributed by atoms with Crippen molar-refractivity contribution in [1.29, 1.82) is 0 Å². The highest BCUT2D eigenvalue weighted by atomic mass is 32.1. The lowest BCUT2D eigenvalue weighted by molar-refractivity contribution is 0.542. The Morgan fingerprint density at radius 2 is 2.06 bits per heavy atom. The molecule has 1 N–H and O–H groups in total. The third-order valence-electron chi connectivity index (χ3n) is 2.87. The fourth-order valence-corrected chi connectivity index (χ4v) is 2.62. The van der Waals surface area contributed by atoms with Crippen LogP contribution >= 0.6 is 11.3 Å². The number of thiophene rings is 1. The monoisotopic (exact) mass is 267 g/mol. The molecule has 2 rings (SSSR count). The number of benzene rings is 1. The first-order chi connectivity index (χ1) is 8.63. The summed E-state index contributed by atoms with van der Waals surface area (Å²) in [6.07, 6.45) is 0. The van der Waals surface area contributed by atoms with Gasteiger partial charge in [-0.1, -0.05) is 6.92 Å². The Balaban J connectivity index is 2.46. The average molecular weight is 267 g/mol. The zero-order chi connectivity index (χ0) is 13.1. The first-order valence-corrected chi connectivity index (χ1v) is 6.78. The lowest BCUT2D eigenvalue weighted by Gasteiger charge is -2.18. The van der Waals surface area contributed by atoms with E-state index in [2.05, 4.69) is 5.32 Å². The molecular weight excluding hydrogens is 252 g/mol. The summed E-state index contributed by atoms with van der Waals surface area (Å²) in [5, 5.41) is 7.07. The summed E-state index contributed by atoms with van der Waals surface area (Å²) in [6, 6.07) is 4.17. The second-order valence-electron chi connectivity index (χ2n) is 4.17. The van der Waals surface area contributed by atoms with Crippen LogP contribution in [0.3, 0.4) is 0 Å². The summed E-state index contributed by atoms with van der Waals surface area (Å²) in [7, 11) is 0. The molecule has 0 fully saturated rings. The summed E-state index contributed by atoms with van der Waals surface area (Å²) in [5.41, 5.74) is 1.65. The zero-order valence-electron chi connectivity index (χ0n) is 10.3. The molecule has 0 saturated carbocycles. The van der Waals surface area contributed by atoms with E-state index < -0.39 is 0 Å². The Hall–Kier alpha value is -1.26. The van der Waals surface area contributed by atoms with Gasteiger partial charge in [0, 0.05) is 5.56 Å². The van der Waals surface area contributed by atoms with Gasteiger partial charge in [-0.15, -0.1) is 0 Å². The van der Waals surface area contributed by atoms with E-state index in [4.69, 9.17) is 0 Å². The molecule has 2 aromatic rings. The summed E-state index contributed by atoms with van der Waals surface area (Å²) in [4.78, 5) is 0. The van der Waals surface area contributed by atoms with Crippen molar-refractivity contribution in [3.05, 3.63) is 57.3 Å². The molecule has 1 nitrogen and oxygen atoms in total. The molecule has 0 radical (unpaired) electrons. The van der Waals surface area contributed by atoms with Crippen LogP contribution < -0.4 is 5.32 Å². The van der Waals surface area contributed by atoms with Crippen LogP contribution in [0, 0.1) is 18.6 Å². The Morgan fingerprint density at radius 3 is 2.67 bits per heavy atom. The van der Waals surface area contributed by atoms with E-state index in [1.807, 2.05) is 23.8 Å². The molecule has 1 aromatic heterocycles. The van der Waals surface area contributed by atoms with Gasteiger partial charge in [-0.25, -0.2) is 8.78 Å². The Kier molecular flexibility index (Phi) is 4.09. The van der Waals surface area contributed by atoms with Crippen LogP contribution in [0.15, 0.2) is 29.0 Å². The molecule has 18 heavy (non-hydrogen) atoms. The predicted octanol–water partition coefficient (Wildman–Crippen LogP) is 4.03. The number of rotatable bonds is 4. The molecule has 1 aromatic carbocycles. The van der Waals surface area contributed by atoms with Gasteiger partial charge in [-0.05, 0) is 53.6 Å². The minimum Gasteiger partial charge on any atom is -0.306 e. The molecule has 0 spiro atoms. The Morgan fingerprint density at radius 1 is 1.28 bits per heavy atom. The van der Waals surface area contributed by atoms with Gasteiger partial charge in [0.1, 0.15) is 11.6 Å². The SMILES string of the molecule is CCNC(c1ccsc1)c1cc(F)c(C)cc1F. The minimum atomic E-state index is -0.371. The molecule has 96 valence electrons. The quantitative estimate of drug-likeness (QED) is 0.881. The lowest BCUT2D eigenvalue weighted by atomic mass is 9.99. The van der Waals surface area contributed by atoms with Crippen molar-refractivity contribution in [1.82, 2.24) is 5.32 Å². The Labute approximate surface area is 109 Å². The topological polar surface area (TPSA) is 12.0 Å². The largest absolute Gasteiger partial charge is 0.306 e. The van der Waals surface area contributed by atoms with Gasteiger partial charge in [-0.2, -0.15) is 11.3 Å². The third-order valence-corrected chi connectivity index (χ3v) is 3.58. The highest BCUT2D eigenvalue weighted by molar-refractivity contribution is 7.08. The van der Waals surface area contributed by atoms with Crippen LogP contribution in [0.1, 0.15) is 29.7 Å². The Bertz CT molecular complexity index is 523. The number of halogens is 2. The minimum absolute atomic E-state index is 0.295. The van der Waals surface area contributed by atoms with Gasteiger partial charge in [0.25, 0.3) is 0 Å². The van der Waals surface area contributed by atoms with Crippen LogP contribution in [0.2, 0.25) is 0 Å². The van der Waals surface area contributed by atoms with Crippen molar-refractivity contribution >= 4 is 11.3 Å². The van der Waals surface area contributed by atoms with E-state index in [-0.39, 0.29) is 17.7 Å². The molecule has 0 aliphatic rings. The van der Waals surface area contributed by atoms with Crippen molar-refractivity contribution in [3.63, 3.8) is 0 Å². The third kappa shape index (κ3) is 2.60. The van der Waals surface area contributed by atoms with Crippen molar-refractivity contribution in [2.24, 2.45) is 0 Å². The number of nitrogens with one attached hydrogen (secondary N) is 1. The van der Waals surface area contributed by atoms with Gasteiger partial charge < -0.3 is 5.32 Å². The highest BCUT2D eigenvalue weighted by Crippen LogP contribution is 2.27. The van der Waals surface area contributed by atoms with Crippen molar-refractivity contribution in [2.45, 2.75) is 19.9 Å². The molecule has 0 aliphatic heterocycles. The van der Waals surface area contributed by atoms with Crippen molar-refractivity contribution in [2.75, 3.05) is 6.54 Å². The fourth-order valence-electron chi connectivity index (χ4n) is 1.93. The number of aryl methyl sites for hydroxylation is 1. The normalized spacial score (nSPS) is 12.7. The molecule has 0 amide bonds. The highest BCUT2D eigenvalue weighted by Gasteiger charge is 2.19. The van der Waals surface area contributed by atoms with Crippen LogP contribution in [0.25, 0.3) is 0 Å². The van der Waals surface area contributed by atoms with Crippen LogP contribution in [-0.2, 0) is 0 Å². The zero-order valence-corrected chi connectivity index (χ0v) is 11.2. The fraction of sp³-hybridized carbons (Fsp3) is 0.286. The van der Waals surface area contributed by atoms with Gasteiger partial charge in [-0.3, -0.25) is 0 Å². The van der Waals surface area contributed by atoms with Crippen molar-refractivity contribution in [3.8, 4) is 0 Å². The van der Waals surface area contributed by atoms with E-state index in [1.54, 1.807) is 18.3 Å². The molecule has 0 aliphatic carbocycles. The van der Waals surface area contributed by atoms with E-state index in [0.717, 1.165) is 5.56 Å². The van der Waals surface area contributed by atoms with E-state index in [9.17, 15) is 8.78 Å². The number of hydrogen-bond donors (Lipinski definition) is 1. The van der Waals surface area contributed by atoms with E-state index in [0.29, 0.717) is 17.7 Å². The van der Waals surface area contributed by atoms with E-state index >= 15 is 0 Å². The second-order valence-corrected chi connectivity index (χ2v) is 4.95. The first kappa shape index (κ1) is 13.2. The summed E-state index contributed by atoms with van der Waals surface area (Å²) < 4.78 is 27.6. The molecule has 1 atom stereocenters. The maximum Gasteiger partial charge on any atom is 0.128 e. The molecule has 0 saturated heterocycles. The van der Waals surface area contributed by atoms with Crippen LogP contribution in [-0.4, -0.2) is 6.54 Å². The van der Waals surface area contributed by atoms with Gasteiger partial charge in [0.05, 0.1) is 6.04 Å². The first-order valence-electron chi connectivity index (χ1n) is 5.84. The number of hydrogen-bond acceptors (Lipinski definition) is 2. The maximum absolute atomic E-state index is 14.0. The second kappa shape index (κ2) is 5.59. The molecule has 0 bridgehead atoms. The summed E-state index contributed by atoms with van der Waals surface area (Å²) >= 11 is 1.55. The molecule has 4 heteroatoms. The molecule has 1 heterocycles. The maximum atomic E-state index is 14.0. The average Bonchev–Trinajstić information content (AvgIpc) is 2.85. The van der Waals surface area contributed by atoms with Crippen molar-refractivity contribution < 1.29 is 8.78 Å². The molecular formula is C14H15F2NS. The van der Waals surface area contributed by atoms with E-state index in [1.165, 1.54) is 12.1 Å². The molecule has 1 unspecified atom stereocenters. The smallest absolute Gasteiger partial charge is 0.128 e. The summed E-state index contributed by atoms with van der Waals surface area (Å²) in [6.45, 7) is 4.20. The van der Waals surface area contributed by atoms with Crippen LogP contribution in [0.5, 0.6) is 0 Å². The lowest BCUT2D eigenvalue weighted by Crippen LogP contribution is -2.22.